The largest absolute Gasteiger partial charge is 0.368 e. The van der Waals surface area contributed by atoms with E-state index in [1.165, 1.54) is 29.7 Å². The maximum Gasteiger partial charge on any atom is 0.226 e. The zero-order chi connectivity index (χ0) is 21.9. The summed E-state index contributed by atoms with van der Waals surface area (Å²) in [5, 5.41) is 0. The molecule has 0 saturated carbocycles. The number of amides is 1. The second kappa shape index (κ2) is 9.62. The second-order valence-corrected chi connectivity index (χ2v) is 9.62. The van der Waals surface area contributed by atoms with Gasteiger partial charge in [0.2, 0.25) is 5.91 Å². The third kappa shape index (κ3) is 4.83. The molecule has 0 unspecified atom stereocenters. The number of likely N-dealkylation sites (tertiary alicyclic amines) is 2. The molecule has 2 aromatic rings. The van der Waals surface area contributed by atoms with Crippen LogP contribution >= 0.6 is 0 Å². The summed E-state index contributed by atoms with van der Waals surface area (Å²) in [5.41, 5.74) is 5.16. The first kappa shape index (κ1) is 21.4. The van der Waals surface area contributed by atoms with Crippen molar-refractivity contribution < 1.29 is 9.18 Å². The van der Waals surface area contributed by atoms with E-state index in [1.54, 1.807) is 12.1 Å². The highest BCUT2D eigenvalue weighted by Crippen LogP contribution is 2.34. The first-order chi connectivity index (χ1) is 15.7. The van der Waals surface area contributed by atoms with Crippen molar-refractivity contribution in [2.45, 2.75) is 51.0 Å². The highest BCUT2D eigenvalue weighted by molar-refractivity contribution is 5.79. The van der Waals surface area contributed by atoms with Crippen molar-refractivity contribution in [2.24, 2.45) is 0 Å². The van der Waals surface area contributed by atoms with Crippen LogP contribution in [0.1, 0.15) is 42.4 Å². The fraction of sp³-hybridized carbons (Fsp3) is 0.519. The summed E-state index contributed by atoms with van der Waals surface area (Å²) >= 11 is 0. The van der Waals surface area contributed by atoms with E-state index in [0.717, 1.165) is 70.5 Å². The van der Waals surface area contributed by atoms with Gasteiger partial charge in [0.25, 0.3) is 0 Å². The Labute approximate surface area is 191 Å². The van der Waals surface area contributed by atoms with E-state index in [4.69, 9.17) is 0 Å². The van der Waals surface area contributed by atoms with Gasteiger partial charge in [-0.05, 0) is 73.4 Å². The fourth-order valence-corrected chi connectivity index (χ4v) is 5.58. The number of benzene rings is 2. The van der Waals surface area contributed by atoms with Crippen LogP contribution in [-0.4, -0.2) is 61.0 Å². The molecule has 2 fully saturated rings. The number of nitrogens with zero attached hydrogens (tertiary/aromatic N) is 3. The molecule has 5 heteroatoms. The van der Waals surface area contributed by atoms with Crippen molar-refractivity contribution >= 4 is 11.6 Å². The van der Waals surface area contributed by atoms with E-state index in [9.17, 15) is 9.18 Å². The smallest absolute Gasteiger partial charge is 0.226 e. The van der Waals surface area contributed by atoms with Crippen LogP contribution in [0.4, 0.5) is 10.1 Å². The summed E-state index contributed by atoms with van der Waals surface area (Å²) in [6.45, 7) is 6.22. The Balaban J connectivity index is 1.16. The average Bonchev–Trinajstić information content (AvgIpc) is 3.49. The molecule has 0 radical (unpaired) electrons. The van der Waals surface area contributed by atoms with Gasteiger partial charge in [-0.1, -0.05) is 24.3 Å². The lowest BCUT2D eigenvalue weighted by Crippen LogP contribution is -2.45. The van der Waals surface area contributed by atoms with Gasteiger partial charge in [0.05, 0.1) is 6.42 Å². The fourth-order valence-electron chi connectivity index (χ4n) is 5.58. The van der Waals surface area contributed by atoms with Crippen LogP contribution in [0, 0.1) is 5.82 Å². The first-order valence-corrected chi connectivity index (χ1v) is 12.3. The van der Waals surface area contributed by atoms with Gasteiger partial charge in [0, 0.05) is 51.0 Å². The van der Waals surface area contributed by atoms with Crippen LogP contribution in [0.5, 0.6) is 0 Å². The predicted octanol–water partition coefficient (Wildman–Crippen LogP) is 4.06. The number of carbonyl (C=O) groups excluding carboxylic acids is 1. The standard InChI is InChI=1S/C27H34FN3O/c28-24-7-4-21(5-8-24)9-15-29-16-11-25(12-17-29)31-18-10-23-6-3-22(19-26(23)31)20-27(32)30-13-1-2-14-30/h3-8,19,25H,1-2,9-18,20H2. The van der Waals surface area contributed by atoms with Crippen LogP contribution < -0.4 is 4.90 Å². The van der Waals surface area contributed by atoms with Gasteiger partial charge in [-0.3, -0.25) is 4.79 Å². The second-order valence-electron chi connectivity index (χ2n) is 9.62. The van der Waals surface area contributed by atoms with Crippen LogP contribution in [0.25, 0.3) is 0 Å². The summed E-state index contributed by atoms with van der Waals surface area (Å²) in [6.07, 6.45) is 7.27. The number of carbonyl (C=O) groups is 1. The number of rotatable bonds is 6. The summed E-state index contributed by atoms with van der Waals surface area (Å²) in [4.78, 5) is 19.8. The van der Waals surface area contributed by atoms with Crippen LogP contribution in [0.2, 0.25) is 0 Å². The molecular formula is C27H34FN3O. The molecule has 0 spiro atoms. The van der Waals surface area contributed by atoms with Gasteiger partial charge in [-0.15, -0.1) is 0 Å². The van der Waals surface area contributed by atoms with E-state index < -0.39 is 0 Å². The van der Waals surface area contributed by atoms with Crippen molar-refractivity contribution in [1.82, 2.24) is 9.80 Å². The lowest BCUT2D eigenvalue weighted by atomic mass is 10.0. The minimum atomic E-state index is -0.163. The van der Waals surface area contributed by atoms with Crippen molar-refractivity contribution in [2.75, 3.05) is 44.2 Å². The molecule has 0 bridgehead atoms. The zero-order valence-corrected chi connectivity index (χ0v) is 18.9. The molecule has 2 saturated heterocycles. The highest BCUT2D eigenvalue weighted by Gasteiger charge is 2.29. The first-order valence-electron chi connectivity index (χ1n) is 12.3. The lowest BCUT2D eigenvalue weighted by molar-refractivity contribution is -0.129. The number of hydrogen-bond acceptors (Lipinski definition) is 3. The SMILES string of the molecule is O=C(Cc1ccc2c(c1)N(C1CCN(CCc3ccc(F)cc3)CC1)CC2)N1CCCC1. The molecule has 1 amide bonds. The third-order valence-corrected chi connectivity index (χ3v) is 7.52. The number of anilines is 1. The van der Waals surface area contributed by atoms with Gasteiger partial charge >= 0.3 is 0 Å². The van der Waals surface area contributed by atoms with E-state index in [1.807, 2.05) is 17.0 Å². The molecule has 170 valence electrons. The van der Waals surface area contributed by atoms with E-state index >= 15 is 0 Å². The molecule has 3 aliphatic rings. The molecule has 32 heavy (non-hydrogen) atoms. The van der Waals surface area contributed by atoms with E-state index in [0.29, 0.717) is 12.5 Å². The molecule has 5 rings (SSSR count). The van der Waals surface area contributed by atoms with Crippen molar-refractivity contribution in [1.29, 1.82) is 0 Å². The monoisotopic (exact) mass is 435 g/mol. The number of hydrogen-bond donors (Lipinski definition) is 0. The minimum Gasteiger partial charge on any atom is -0.368 e. The summed E-state index contributed by atoms with van der Waals surface area (Å²) in [5.74, 6) is 0.116. The Morgan fingerprint density at radius 3 is 2.38 bits per heavy atom. The van der Waals surface area contributed by atoms with Gasteiger partial charge in [-0.25, -0.2) is 4.39 Å². The van der Waals surface area contributed by atoms with Gasteiger partial charge in [0.1, 0.15) is 5.82 Å². The van der Waals surface area contributed by atoms with Gasteiger partial charge < -0.3 is 14.7 Å². The number of halogens is 1. The van der Waals surface area contributed by atoms with Crippen molar-refractivity contribution in [3.8, 4) is 0 Å². The van der Waals surface area contributed by atoms with E-state index in [-0.39, 0.29) is 11.7 Å². The number of piperidine rings is 1. The quantitative estimate of drug-likeness (QED) is 0.685. The third-order valence-electron chi connectivity index (χ3n) is 7.52. The maximum absolute atomic E-state index is 13.1. The Hall–Kier alpha value is -2.40. The Morgan fingerprint density at radius 2 is 1.62 bits per heavy atom. The molecule has 3 aliphatic heterocycles. The topological polar surface area (TPSA) is 26.8 Å². The normalized spacial score (nSPS) is 19.5. The summed E-state index contributed by atoms with van der Waals surface area (Å²) < 4.78 is 13.1. The molecule has 2 aromatic carbocycles. The maximum atomic E-state index is 13.1. The molecular weight excluding hydrogens is 401 g/mol. The lowest BCUT2D eigenvalue weighted by Gasteiger charge is -2.38. The highest BCUT2D eigenvalue weighted by atomic mass is 19.1. The molecule has 4 nitrogen and oxygen atoms in total. The molecule has 0 N–H and O–H groups in total. The minimum absolute atomic E-state index is 0.163. The molecule has 3 heterocycles. The summed E-state index contributed by atoms with van der Waals surface area (Å²) in [6, 6.07) is 14.2. The van der Waals surface area contributed by atoms with Crippen molar-refractivity contribution in [3.05, 3.63) is 65.0 Å². The van der Waals surface area contributed by atoms with Crippen LogP contribution in [-0.2, 0) is 24.1 Å². The molecule has 0 aliphatic carbocycles. The van der Waals surface area contributed by atoms with Crippen LogP contribution in [0.15, 0.2) is 42.5 Å². The Bertz CT molecular complexity index is 930. The Morgan fingerprint density at radius 1 is 0.906 bits per heavy atom. The summed E-state index contributed by atoms with van der Waals surface area (Å²) in [7, 11) is 0. The van der Waals surface area contributed by atoms with Gasteiger partial charge in [0.15, 0.2) is 0 Å². The van der Waals surface area contributed by atoms with Gasteiger partial charge in [-0.2, -0.15) is 0 Å². The van der Waals surface area contributed by atoms with Crippen LogP contribution in [0.3, 0.4) is 0 Å². The van der Waals surface area contributed by atoms with E-state index in [2.05, 4.69) is 28.0 Å². The number of fused-ring (bicyclic) bond motifs is 1. The Kier molecular flexibility index (Phi) is 6.44. The molecule has 0 atom stereocenters. The predicted molar refractivity (Wildman–Crippen MR) is 127 cm³/mol. The molecule has 0 aromatic heterocycles. The average molecular weight is 436 g/mol. The zero-order valence-electron chi connectivity index (χ0n) is 18.9. The van der Waals surface area contributed by atoms with Crippen molar-refractivity contribution in [3.63, 3.8) is 0 Å².